The van der Waals surface area contributed by atoms with Gasteiger partial charge in [0.15, 0.2) is 0 Å². The van der Waals surface area contributed by atoms with Crippen LogP contribution in [-0.2, 0) is 24.0 Å². The number of methoxy groups -OCH3 is 1. The van der Waals surface area contributed by atoms with E-state index in [2.05, 4.69) is 23.6 Å². The fraction of sp³-hybridized carbons (Fsp3) is 0.625. The molecule has 0 saturated heterocycles. The van der Waals surface area contributed by atoms with Crippen molar-refractivity contribution < 1.29 is 4.74 Å². The summed E-state index contributed by atoms with van der Waals surface area (Å²) in [5, 5.41) is 0. The Hall–Kier alpha value is -0.900. The maximum Gasteiger partial charge on any atom is 0.0847 e. The van der Waals surface area contributed by atoms with Crippen molar-refractivity contribution >= 4 is 0 Å². The van der Waals surface area contributed by atoms with Crippen molar-refractivity contribution in [3.8, 4) is 0 Å². The van der Waals surface area contributed by atoms with Crippen molar-refractivity contribution in [3.05, 3.63) is 34.9 Å². The first kappa shape index (κ1) is 13.1. The van der Waals surface area contributed by atoms with Gasteiger partial charge in [-0.3, -0.25) is 11.3 Å². The summed E-state index contributed by atoms with van der Waals surface area (Å²) in [7, 11) is 1.81. The lowest BCUT2D eigenvalue weighted by Crippen LogP contribution is -2.59. The van der Waals surface area contributed by atoms with E-state index >= 15 is 0 Å². The predicted octanol–water partition coefficient (Wildman–Crippen LogP) is 2.12. The number of ether oxygens (including phenoxy) is 1. The van der Waals surface area contributed by atoms with Crippen LogP contribution in [0.2, 0.25) is 0 Å². The largest absolute Gasteiger partial charge is 0.377 e. The Kier molecular flexibility index (Phi) is 3.61. The molecule has 0 bridgehead atoms. The summed E-state index contributed by atoms with van der Waals surface area (Å²) < 4.78 is 5.75. The number of hydrazine groups is 1. The molecule has 1 unspecified atom stereocenters. The molecule has 3 heteroatoms. The first-order valence-corrected chi connectivity index (χ1v) is 7.39. The maximum absolute atomic E-state index is 5.77. The fourth-order valence-electron chi connectivity index (χ4n) is 3.60. The summed E-state index contributed by atoms with van der Waals surface area (Å²) in [5.41, 5.74) is 7.39. The van der Waals surface area contributed by atoms with Gasteiger partial charge in [0, 0.05) is 7.11 Å². The van der Waals surface area contributed by atoms with Gasteiger partial charge in [0.05, 0.1) is 11.6 Å². The van der Waals surface area contributed by atoms with E-state index < -0.39 is 0 Å². The molecule has 0 aromatic heterocycles. The molecule has 19 heavy (non-hydrogen) atoms. The molecular formula is C16H24N2O. The minimum absolute atomic E-state index is 0.0479. The molecule has 0 heterocycles. The van der Waals surface area contributed by atoms with Crippen molar-refractivity contribution in [3.63, 3.8) is 0 Å². The van der Waals surface area contributed by atoms with Crippen molar-refractivity contribution in [2.24, 2.45) is 5.84 Å². The minimum atomic E-state index is -0.0479. The molecule has 104 valence electrons. The van der Waals surface area contributed by atoms with E-state index in [9.17, 15) is 0 Å². The van der Waals surface area contributed by atoms with Gasteiger partial charge in [-0.05, 0) is 61.6 Å². The van der Waals surface area contributed by atoms with E-state index in [-0.39, 0.29) is 11.6 Å². The Labute approximate surface area is 115 Å². The molecule has 1 atom stereocenters. The standard InChI is InChI=1S/C16H24N2O/c1-19-16(8-3-9-16)15(18-17)11-12-6-7-13-4-2-5-14(13)10-12/h6-7,10,15,18H,2-5,8-9,11,17H2,1H3. The van der Waals surface area contributed by atoms with Gasteiger partial charge in [-0.2, -0.15) is 0 Å². The van der Waals surface area contributed by atoms with E-state index in [0.717, 1.165) is 19.3 Å². The molecule has 1 aromatic rings. The number of aryl methyl sites for hydroxylation is 2. The zero-order valence-electron chi connectivity index (χ0n) is 11.7. The quantitative estimate of drug-likeness (QED) is 0.630. The van der Waals surface area contributed by atoms with Crippen LogP contribution in [0, 0.1) is 0 Å². The third-order valence-electron chi connectivity index (χ3n) is 5.05. The molecule has 3 nitrogen and oxygen atoms in total. The van der Waals surface area contributed by atoms with Gasteiger partial charge in [-0.15, -0.1) is 0 Å². The average Bonchev–Trinajstić information content (AvgIpc) is 2.84. The molecule has 0 amide bonds. The topological polar surface area (TPSA) is 47.3 Å². The molecule has 1 aromatic carbocycles. The highest BCUT2D eigenvalue weighted by Crippen LogP contribution is 2.39. The van der Waals surface area contributed by atoms with E-state index in [1.807, 2.05) is 7.11 Å². The van der Waals surface area contributed by atoms with Crippen LogP contribution in [-0.4, -0.2) is 18.8 Å². The fourth-order valence-corrected chi connectivity index (χ4v) is 3.60. The van der Waals surface area contributed by atoms with Crippen molar-refractivity contribution in [2.75, 3.05) is 7.11 Å². The molecule has 2 aliphatic rings. The zero-order valence-corrected chi connectivity index (χ0v) is 11.7. The monoisotopic (exact) mass is 260 g/mol. The van der Waals surface area contributed by atoms with Gasteiger partial charge in [-0.1, -0.05) is 18.2 Å². The van der Waals surface area contributed by atoms with Crippen LogP contribution in [0.5, 0.6) is 0 Å². The molecule has 1 fully saturated rings. The third-order valence-corrected chi connectivity index (χ3v) is 5.05. The number of rotatable bonds is 5. The lowest BCUT2D eigenvalue weighted by Gasteiger charge is -2.46. The smallest absolute Gasteiger partial charge is 0.0847 e. The average molecular weight is 260 g/mol. The van der Waals surface area contributed by atoms with Gasteiger partial charge in [0.2, 0.25) is 0 Å². The maximum atomic E-state index is 5.77. The van der Waals surface area contributed by atoms with E-state index in [1.165, 1.54) is 42.4 Å². The van der Waals surface area contributed by atoms with Crippen LogP contribution >= 0.6 is 0 Å². The molecule has 0 aliphatic heterocycles. The molecule has 0 radical (unpaired) electrons. The van der Waals surface area contributed by atoms with Crippen LogP contribution < -0.4 is 11.3 Å². The second-order valence-electron chi connectivity index (χ2n) is 6.00. The normalized spacial score (nSPS) is 21.8. The summed E-state index contributed by atoms with van der Waals surface area (Å²) in [5.74, 6) is 5.77. The molecular weight excluding hydrogens is 236 g/mol. The Morgan fingerprint density at radius 1 is 1.26 bits per heavy atom. The van der Waals surface area contributed by atoms with Gasteiger partial charge in [0.1, 0.15) is 0 Å². The second kappa shape index (κ2) is 5.23. The zero-order chi connectivity index (χ0) is 13.3. The molecule has 3 rings (SSSR count). The molecule has 0 spiro atoms. The summed E-state index contributed by atoms with van der Waals surface area (Å²) in [6.07, 6.45) is 8.22. The summed E-state index contributed by atoms with van der Waals surface area (Å²) >= 11 is 0. The van der Waals surface area contributed by atoms with Crippen LogP contribution in [0.3, 0.4) is 0 Å². The predicted molar refractivity (Wildman–Crippen MR) is 76.9 cm³/mol. The summed E-state index contributed by atoms with van der Waals surface area (Å²) in [4.78, 5) is 0. The Morgan fingerprint density at radius 2 is 2.05 bits per heavy atom. The van der Waals surface area contributed by atoms with Crippen molar-refractivity contribution in [1.82, 2.24) is 5.43 Å². The van der Waals surface area contributed by atoms with Crippen LogP contribution in [0.25, 0.3) is 0 Å². The number of nitrogens with one attached hydrogen (secondary N) is 1. The third kappa shape index (κ3) is 2.31. The van der Waals surface area contributed by atoms with E-state index in [0.29, 0.717) is 0 Å². The van der Waals surface area contributed by atoms with Gasteiger partial charge >= 0.3 is 0 Å². The highest BCUT2D eigenvalue weighted by molar-refractivity contribution is 5.35. The first-order chi connectivity index (χ1) is 9.27. The number of hydrogen-bond donors (Lipinski definition) is 2. The minimum Gasteiger partial charge on any atom is -0.377 e. The Balaban J connectivity index is 1.75. The van der Waals surface area contributed by atoms with Crippen LogP contribution in [0.4, 0.5) is 0 Å². The van der Waals surface area contributed by atoms with Crippen LogP contribution in [0.1, 0.15) is 42.4 Å². The molecule has 2 aliphatic carbocycles. The number of fused-ring (bicyclic) bond motifs is 1. The molecule has 3 N–H and O–H groups in total. The molecule has 1 saturated carbocycles. The van der Waals surface area contributed by atoms with Crippen molar-refractivity contribution in [2.45, 2.75) is 56.6 Å². The van der Waals surface area contributed by atoms with Gasteiger partial charge < -0.3 is 4.74 Å². The SMILES string of the molecule is COC1(C(Cc2ccc3c(c2)CCC3)NN)CCC1. The van der Waals surface area contributed by atoms with Gasteiger partial charge in [-0.25, -0.2) is 0 Å². The lowest BCUT2D eigenvalue weighted by molar-refractivity contribution is -0.0982. The Morgan fingerprint density at radius 3 is 2.68 bits per heavy atom. The highest BCUT2D eigenvalue weighted by atomic mass is 16.5. The Bertz CT molecular complexity index is 449. The summed E-state index contributed by atoms with van der Waals surface area (Å²) in [6.45, 7) is 0. The van der Waals surface area contributed by atoms with E-state index in [1.54, 1.807) is 0 Å². The van der Waals surface area contributed by atoms with Gasteiger partial charge in [0.25, 0.3) is 0 Å². The second-order valence-corrected chi connectivity index (χ2v) is 6.00. The van der Waals surface area contributed by atoms with E-state index in [4.69, 9.17) is 10.6 Å². The number of benzene rings is 1. The lowest BCUT2D eigenvalue weighted by atomic mass is 9.73. The summed E-state index contributed by atoms with van der Waals surface area (Å²) in [6, 6.07) is 7.14. The van der Waals surface area contributed by atoms with Crippen molar-refractivity contribution in [1.29, 1.82) is 0 Å². The highest BCUT2D eigenvalue weighted by Gasteiger charge is 2.44. The first-order valence-electron chi connectivity index (χ1n) is 7.39. The number of hydrogen-bond acceptors (Lipinski definition) is 3. The van der Waals surface area contributed by atoms with Crippen LogP contribution in [0.15, 0.2) is 18.2 Å². The number of nitrogens with two attached hydrogens (primary N) is 1.